The van der Waals surface area contributed by atoms with Gasteiger partial charge in [0.1, 0.15) is 0 Å². The van der Waals surface area contributed by atoms with Crippen molar-refractivity contribution in [3.05, 3.63) is 0 Å². The number of primary amides is 1. The van der Waals surface area contributed by atoms with E-state index in [0.29, 0.717) is 11.5 Å². The van der Waals surface area contributed by atoms with E-state index < -0.39 is 6.09 Å². The number of thiol groups is 3. The van der Waals surface area contributed by atoms with Crippen molar-refractivity contribution in [1.29, 1.82) is 0 Å². The molecule has 0 fully saturated rings. The molecule has 8 heteroatoms. The van der Waals surface area contributed by atoms with Crippen molar-refractivity contribution in [2.45, 2.75) is 10.0 Å². The number of rotatable bonds is 5. The van der Waals surface area contributed by atoms with Crippen LogP contribution in [-0.2, 0) is 24.2 Å². The maximum Gasteiger partial charge on any atom is 0.405 e. The zero-order valence-electron chi connectivity index (χ0n) is 6.92. The Morgan fingerprint density at radius 1 is 1.46 bits per heavy atom. The van der Waals surface area contributed by atoms with Crippen molar-refractivity contribution in [2.24, 2.45) is 5.73 Å². The number of ether oxygens (including phenoxy) is 1. The maximum absolute atomic E-state index is 10.3. The van der Waals surface area contributed by atoms with Gasteiger partial charge in [-0.25, -0.2) is 4.79 Å². The molecule has 0 aliphatic rings. The van der Waals surface area contributed by atoms with Crippen LogP contribution in [0.3, 0.4) is 0 Å². The Morgan fingerprint density at radius 2 is 2.00 bits per heavy atom. The van der Waals surface area contributed by atoms with E-state index in [4.69, 9.17) is 10.5 Å². The van der Waals surface area contributed by atoms with E-state index >= 15 is 0 Å². The Labute approximate surface area is 111 Å². The molecular weight excluding hydrogens is 300 g/mol. The Bertz CT molecular complexity index is 150. The van der Waals surface area contributed by atoms with Crippen LogP contribution in [0.4, 0.5) is 4.79 Å². The van der Waals surface area contributed by atoms with Crippen molar-refractivity contribution in [2.75, 3.05) is 11.5 Å². The third-order valence-electron chi connectivity index (χ3n) is 0.862. The summed E-state index contributed by atoms with van der Waals surface area (Å²) in [5.74, 6) is 1.01. The number of thioether (sulfide) groups is 1. The van der Waals surface area contributed by atoms with Crippen LogP contribution in [0.2, 0.25) is 0 Å². The zero-order chi connectivity index (χ0) is 9.56. The number of amides is 1. The van der Waals surface area contributed by atoms with Gasteiger partial charge in [-0.05, 0) is 0 Å². The number of nitrogens with two attached hydrogens (primary N) is 1. The minimum absolute atomic E-state index is 0. The van der Waals surface area contributed by atoms with E-state index in [2.05, 4.69) is 37.9 Å². The third kappa shape index (κ3) is 9.59. The summed E-state index contributed by atoms with van der Waals surface area (Å²) in [5.41, 5.74) is 4.49. The van der Waals surface area contributed by atoms with E-state index in [-0.39, 0.29) is 29.5 Å². The molecule has 0 bridgehead atoms. The van der Waals surface area contributed by atoms with Gasteiger partial charge in [-0.3, -0.25) is 0 Å². The van der Waals surface area contributed by atoms with Crippen LogP contribution in [-0.4, -0.2) is 27.6 Å². The first kappa shape index (κ1) is 16.7. The normalized spacial score (nSPS) is 14.1. The summed E-state index contributed by atoms with van der Waals surface area (Å²) < 4.78 is 4.73. The van der Waals surface area contributed by atoms with Gasteiger partial charge in [-0.1, -0.05) is 0 Å². The Balaban J connectivity index is 0. The predicted molar refractivity (Wildman–Crippen MR) is 62.5 cm³/mol. The Morgan fingerprint density at radius 3 is 2.31 bits per heavy atom. The van der Waals surface area contributed by atoms with Crippen molar-refractivity contribution in [1.82, 2.24) is 0 Å². The van der Waals surface area contributed by atoms with Crippen LogP contribution < -0.4 is 5.73 Å². The molecule has 0 aromatic carbocycles. The molecule has 0 aliphatic heterocycles. The molecule has 13 heavy (non-hydrogen) atoms. The number of carbonyl (C=O) groups excluding carboxylic acids is 1. The number of carbonyl (C=O) groups is 1. The van der Waals surface area contributed by atoms with Crippen molar-refractivity contribution in [3.63, 3.8) is 0 Å². The fraction of sp³-hybridized carbons (Fsp3) is 0.800. The molecule has 0 heterocycles. The van der Waals surface area contributed by atoms with Crippen molar-refractivity contribution in [3.8, 4) is 0 Å². The van der Waals surface area contributed by atoms with Crippen molar-refractivity contribution >= 4 is 55.7 Å². The molecule has 0 saturated carbocycles. The maximum atomic E-state index is 10.3. The van der Waals surface area contributed by atoms with Crippen LogP contribution in [0.1, 0.15) is 0 Å². The minimum Gasteiger partial charge on any atom is -0.434 e. The van der Waals surface area contributed by atoms with Gasteiger partial charge in [-0.15, -0.1) is 11.8 Å². The van der Waals surface area contributed by atoms with Gasteiger partial charge in [0.25, 0.3) is 0 Å². The second-order valence-electron chi connectivity index (χ2n) is 1.82. The van der Waals surface area contributed by atoms with Gasteiger partial charge in [0.2, 0.25) is 0 Å². The second-order valence-corrected chi connectivity index (χ2v) is 4.89. The topological polar surface area (TPSA) is 52.3 Å². The molecule has 74 valence electrons. The molecule has 0 rings (SSSR count). The van der Waals surface area contributed by atoms with Crippen LogP contribution in [0.5, 0.6) is 0 Å². The van der Waals surface area contributed by atoms with Crippen LogP contribution in [0.25, 0.3) is 0 Å². The largest absolute Gasteiger partial charge is 0.434 e. The quantitative estimate of drug-likeness (QED) is 0.351. The van der Waals surface area contributed by atoms with Gasteiger partial charge in [-0.2, -0.15) is 37.9 Å². The molecule has 3 nitrogen and oxygen atoms in total. The summed E-state index contributed by atoms with van der Waals surface area (Å²) in [6.07, 6.45) is -0.791. The monoisotopic (exact) mass is 309 g/mol. The molecule has 0 spiro atoms. The fourth-order valence-corrected chi connectivity index (χ4v) is 2.13. The Kier molecular flexibility index (Phi) is 12.6. The van der Waals surface area contributed by atoms with E-state index in [1.807, 2.05) is 0 Å². The predicted octanol–water partition coefficient (Wildman–Crippen LogP) is 1.25. The molecular formula is C5H11NO2S4Zn. The van der Waals surface area contributed by atoms with Gasteiger partial charge < -0.3 is 10.5 Å². The summed E-state index contributed by atoms with van der Waals surface area (Å²) in [4.78, 5) is 10.3. The zero-order valence-corrected chi connectivity index (χ0v) is 13.4. The number of hydrogen-bond acceptors (Lipinski definition) is 6. The molecule has 2 atom stereocenters. The summed E-state index contributed by atoms with van der Waals surface area (Å²) in [6, 6.07) is 0. The molecule has 2 N–H and O–H groups in total. The van der Waals surface area contributed by atoms with E-state index in [9.17, 15) is 4.79 Å². The summed E-state index contributed by atoms with van der Waals surface area (Å²) in [7, 11) is 0. The van der Waals surface area contributed by atoms with Gasteiger partial charge in [0.15, 0.2) is 5.44 Å². The number of hydrogen-bond donors (Lipinski definition) is 4. The minimum atomic E-state index is -0.791. The molecule has 0 aromatic rings. The van der Waals surface area contributed by atoms with Gasteiger partial charge in [0, 0.05) is 31.0 Å². The third-order valence-corrected chi connectivity index (χ3v) is 3.94. The molecule has 0 aromatic heterocycles. The smallest absolute Gasteiger partial charge is 0.405 e. The molecule has 0 saturated heterocycles. The first-order chi connectivity index (χ1) is 5.60. The SMILES string of the molecule is NC(=O)OC(CS)SC(S)CS.[Zn]. The summed E-state index contributed by atoms with van der Waals surface area (Å²) in [6.45, 7) is 0. The second kappa shape index (κ2) is 9.83. The first-order valence-corrected chi connectivity index (χ1v) is 5.84. The molecule has 1 amide bonds. The standard InChI is InChI=1S/C5H11NO2S4.Zn/c6-5(7)8-3(1-9)12-4(11)2-10;/h3-4,9-11H,1-2H2,(H2,6,7);. The summed E-state index contributed by atoms with van der Waals surface area (Å²) in [5, 5.41) is 0. The average molecular weight is 311 g/mol. The van der Waals surface area contributed by atoms with Gasteiger partial charge >= 0.3 is 6.09 Å². The molecule has 2 unspecified atom stereocenters. The first-order valence-electron chi connectivity index (χ1n) is 3.11. The van der Waals surface area contributed by atoms with E-state index in [1.54, 1.807) is 0 Å². The molecule has 0 radical (unpaired) electrons. The Hall–Kier alpha value is 1.29. The molecule has 0 aliphatic carbocycles. The van der Waals surface area contributed by atoms with Crippen LogP contribution >= 0.6 is 49.6 Å². The van der Waals surface area contributed by atoms with E-state index in [1.165, 1.54) is 11.8 Å². The van der Waals surface area contributed by atoms with Gasteiger partial charge in [0.05, 0.1) is 4.58 Å². The van der Waals surface area contributed by atoms with E-state index in [0.717, 1.165) is 0 Å². The fourth-order valence-electron chi connectivity index (χ4n) is 0.456. The van der Waals surface area contributed by atoms with Crippen LogP contribution in [0.15, 0.2) is 0 Å². The summed E-state index contributed by atoms with van der Waals surface area (Å²) >= 11 is 13.5. The average Bonchev–Trinajstić information content (AvgIpc) is 2.02. The van der Waals surface area contributed by atoms with Crippen LogP contribution in [0, 0.1) is 0 Å². The van der Waals surface area contributed by atoms with Crippen molar-refractivity contribution < 1.29 is 29.0 Å².